The van der Waals surface area contributed by atoms with Crippen molar-refractivity contribution < 1.29 is 0 Å². The molecule has 1 aliphatic heterocycles. The monoisotopic (exact) mass is 246 g/mol. The normalized spacial score (nSPS) is 23.9. The number of fused-ring (bicyclic) bond motifs is 3. The molecule has 0 spiro atoms. The molecule has 1 saturated carbocycles. The minimum absolute atomic E-state index is 0.546. The van der Waals surface area contributed by atoms with Gasteiger partial charge in [0.2, 0.25) is 0 Å². The highest BCUT2D eigenvalue weighted by molar-refractivity contribution is 6.31. The van der Waals surface area contributed by atoms with Crippen LogP contribution in [0, 0.1) is 5.92 Å². The van der Waals surface area contributed by atoms with E-state index in [1.165, 1.54) is 35.0 Å². The summed E-state index contributed by atoms with van der Waals surface area (Å²) in [5.74, 6) is 0.845. The van der Waals surface area contributed by atoms with E-state index in [0.29, 0.717) is 6.04 Å². The highest BCUT2D eigenvalue weighted by Gasteiger charge is 2.36. The Hall–Kier alpha value is -0.990. The summed E-state index contributed by atoms with van der Waals surface area (Å²) in [5.41, 5.74) is 4.11. The molecule has 88 valence electrons. The number of H-pyrrole nitrogens is 1. The Bertz CT molecular complexity index is 583. The molecule has 4 rings (SSSR count). The minimum atomic E-state index is 0.546. The molecule has 2 heterocycles. The van der Waals surface area contributed by atoms with E-state index < -0.39 is 0 Å². The Balaban J connectivity index is 1.93. The van der Waals surface area contributed by atoms with Crippen LogP contribution in [0.2, 0.25) is 5.02 Å². The van der Waals surface area contributed by atoms with Gasteiger partial charge in [0.1, 0.15) is 0 Å². The van der Waals surface area contributed by atoms with E-state index in [0.717, 1.165) is 23.9 Å². The molecule has 2 aromatic rings. The Morgan fingerprint density at radius 1 is 1.24 bits per heavy atom. The van der Waals surface area contributed by atoms with Crippen molar-refractivity contribution in [2.75, 3.05) is 6.54 Å². The van der Waals surface area contributed by atoms with E-state index in [1.54, 1.807) is 0 Å². The van der Waals surface area contributed by atoms with Gasteiger partial charge >= 0.3 is 0 Å². The van der Waals surface area contributed by atoms with Crippen molar-refractivity contribution in [1.29, 1.82) is 0 Å². The van der Waals surface area contributed by atoms with Gasteiger partial charge < -0.3 is 10.3 Å². The summed E-state index contributed by atoms with van der Waals surface area (Å²) in [7, 11) is 0. The van der Waals surface area contributed by atoms with Crippen LogP contribution in [0.15, 0.2) is 18.2 Å². The van der Waals surface area contributed by atoms with Crippen LogP contribution in [-0.2, 0) is 6.42 Å². The third-order valence-electron chi connectivity index (χ3n) is 4.04. The lowest BCUT2D eigenvalue weighted by atomic mass is 9.96. The van der Waals surface area contributed by atoms with E-state index in [4.69, 9.17) is 11.6 Å². The lowest BCUT2D eigenvalue weighted by Gasteiger charge is -2.24. The summed E-state index contributed by atoms with van der Waals surface area (Å²) in [6, 6.07) is 6.73. The van der Waals surface area contributed by atoms with Crippen LogP contribution in [0.1, 0.15) is 30.1 Å². The van der Waals surface area contributed by atoms with E-state index >= 15 is 0 Å². The van der Waals surface area contributed by atoms with Gasteiger partial charge in [-0.1, -0.05) is 17.7 Å². The van der Waals surface area contributed by atoms with Crippen molar-refractivity contribution in [3.05, 3.63) is 34.5 Å². The molecule has 0 amide bonds. The van der Waals surface area contributed by atoms with Crippen LogP contribution in [0.4, 0.5) is 0 Å². The summed E-state index contributed by atoms with van der Waals surface area (Å²) in [4.78, 5) is 3.58. The first kappa shape index (κ1) is 9.98. The standard InChI is InChI=1S/C14H15ClN2/c15-9-3-4-10-11-5-6-16-13(8-1-2-8)14(11)17-12(10)7-9/h3-4,7-8,13,16-17H,1-2,5-6H2. The lowest BCUT2D eigenvalue weighted by Crippen LogP contribution is -2.30. The predicted molar refractivity (Wildman–Crippen MR) is 70.5 cm³/mol. The van der Waals surface area contributed by atoms with Gasteiger partial charge in [0, 0.05) is 21.6 Å². The molecule has 0 bridgehead atoms. The summed E-state index contributed by atoms with van der Waals surface area (Å²) < 4.78 is 0. The summed E-state index contributed by atoms with van der Waals surface area (Å²) in [6.45, 7) is 1.10. The number of aromatic amines is 1. The van der Waals surface area contributed by atoms with Crippen LogP contribution in [-0.4, -0.2) is 11.5 Å². The third kappa shape index (κ3) is 1.51. The smallest absolute Gasteiger partial charge is 0.0504 e. The largest absolute Gasteiger partial charge is 0.357 e. The highest BCUT2D eigenvalue weighted by atomic mass is 35.5. The molecule has 0 radical (unpaired) electrons. The second-order valence-corrected chi connectivity index (χ2v) is 5.66. The highest BCUT2D eigenvalue weighted by Crippen LogP contribution is 2.44. The number of hydrogen-bond acceptors (Lipinski definition) is 1. The molecule has 0 saturated heterocycles. The number of aromatic nitrogens is 1. The Kier molecular flexibility index (Phi) is 2.06. The molecule has 3 heteroatoms. The maximum absolute atomic E-state index is 6.06. The molecule has 2 N–H and O–H groups in total. The van der Waals surface area contributed by atoms with Gasteiger partial charge in [-0.05, 0) is 49.4 Å². The molecule has 1 aromatic carbocycles. The molecular formula is C14H15ClN2. The number of benzene rings is 1. The fourth-order valence-corrected chi connectivity index (χ4v) is 3.24. The van der Waals surface area contributed by atoms with Gasteiger partial charge in [-0.25, -0.2) is 0 Å². The second-order valence-electron chi connectivity index (χ2n) is 5.23. The predicted octanol–water partition coefficient (Wildman–Crippen LogP) is 3.42. The van der Waals surface area contributed by atoms with Crippen LogP contribution in [0.5, 0.6) is 0 Å². The third-order valence-corrected chi connectivity index (χ3v) is 4.28. The molecule has 1 aliphatic carbocycles. The number of rotatable bonds is 1. The molecule has 2 aliphatic rings. The van der Waals surface area contributed by atoms with Gasteiger partial charge in [-0.2, -0.15) is 0 Å². The Morgan fingerprint density at radius 2 is 2.12 bits per heavy atom. The maximum atomic E-state index is 6.06. The van der Waals surface area contributed by atoms with Crippen molar-refractivity contribution in [3.63, 3.8) is 0 Å². The van der Waals surface area contributed by atoms with E-state index in [1.807, 2.05) is 12.1 Å². The molecule has 2 nitrogen and oxygen atoms in total. The molecule has 1 unspecified atom stereocenters. The van der Waals surface area contributed by atoms with E-state index in [-0.39, 0.29) is 0 Å². The van der Waals surface area contributed by atoms with Gasteiger partial charge in [0.05, 0.1) is 6.04 Å². The van der Waals surface area contributed by atoms with Gasteiger partial charge in [-0.3, -0.25) is 0 Å². The van der Waals surface area contributed by atoms with Crippen LogP contribution in [0.3, 0.4) is 0 Å². The fourth-order valence-electron chi connectivity index (χ4n) is 3.07. The van der Waals surface area contributed by atoms with Crippen LogP contribution >= 0.6 is 11.6 Å². The van der Waals surface area contributed by atoms with E-state index in [2.05, 4.69) is 16.4 Å². The Morgan fingerprint density at radius 3 is 2.94 bits per heavy atom. The first-order chi connectivity index (χ1) is 8.33. The van der Waals surface area contributed by atoms with E-state index in [9.17, 15) is 0 Å². The number of hydrogen-bond donors (Lipinski definition) is 2. The number of halogens is 1. The molecular weight excluding hydrogens is 232 g/mol. The maximum Gasteiger partial charge on any atom is 0.0504 e. The van der Waals surface area contributed by atoms with Gasteiger partial charge in [-0.15, -0.1) is 0 Å². The van der Waals surface area contributed by atoms with Crippen molar-refractivity contribution in [2.24, 2.45) is 5.92 Å². The Labute approximate surface area is 105 Å². The molecule has 1 fully saturated rings. The topological polar surface area (TPSA) is 27.8 Å². The van der Waals surface area contributed by atoms with Gasteiger partial charge in [0.15, 0.2) is 0 Å². The van der Waals surface area contributed by atoms with Gasteiger partial charge in [0.25, 0.3) is 0 Å². The van der Waals surface area contributed by atoms with Crippen molar-refractivity contribution >= 4 is 22.5 Å². The zero-order valence-electron chi connectivity index (χ0n) is 9.59. The molecule has 17 heavy (non-hydrogen) atoms. The van der Waals surface area contributed by atoms with Crippen molar-refractivity contribution in [1.82, 2.24) is 10.3 Å². The summed E-state index contributed by atoms with van der Waals surface area (Å²) in [6.07, 6.45) is 3.86. The lowest BCUT2D eigenvalue weighted by molar-refractivity contribution is 0.451. The van der Waals surface area contributed by atoms with Crippen molar-refractivity contribution in [2.45, 2.75) is 25.3 Å². The average molecular weight is 247 g/mol. The number of nitrogens with one attached hydrogen (secondary N) is 2. The molecule has 1 aromatic heterocycles. The first-order valence-corrected chi connectivity index (χ1v) is 6.74. The van der Waals surface area contributed by atoms with Crippen molar-refractivity contribution in [3.8, 4) is 0 Å². The molecule has 1 atom stereocenters. The minimum Gasteiger partial charge on any atom is -0.357 e. The van der Waals surface area contributed by atoms with Crippen LogP contribution < -0.4 is 5.32 Å². The first-order valence-electron chi connectivity index (χ1n) is 6.36. The zero-order chi connectivity index (χ0) is 11.4. The summed E-state index contributed by atoms with van der Waals surface area (Å²) in [5, 5.41) is 5.82. The average Bonchev–Trinajstić information content (AvgIpc) is 3.09. The fraction of sp³-hybridized carbons (Fsp3) is 0.429. The quantitative estimate of drug-likeness (QED) is 0.793. The SMILES string of the molecule is Clc1ccc2c3c([nH]c2c1)C(C1CC1)NCC3. The van der Waals surface area contributed by atoms with Crippen LogP contribution in [0.25, 0.3) is 10.9 Å². The second kappa shape index (κ2) is 3.50. The zero-order valence-corrected chi connectivity index (χ0v) is 10.3. The summed E-state index contributed by atoms with van der Waals surface area (Å²) >= 11 is 6.06.